The lowest BCUT2D eigenvalue weighted by Crippen LogP contribution is -2.10. The first-order valence-electron chi connectivity index (χ1n) is 5.93. The normalized spacial score (nSPS) is 10.4. The Hall–Kier alpha value is -1.82. The number of para-hydroxylation sites is 1. The lowest BCUT2D eigenvalue weighted by molar-refractivity contribution is -0.385. The number of nitrogens with one attached hydrogen (secondary N) is 1. The maximum atomic E-state index is 11.0. The highest BCUT2D eigenvalue weighted by atomic mass is 16.6. The van der Waals surface area contributed by atoms with Crippen molar-refractivity contribution < 1.29 is 9.66 Å². The van der Waals surface area contributed by atoms with Gasteiger partial charge < -0.3 is 10.2 Å². The van der Waals surface area contributed by atoms with E-state index in [4.69, 9.17) is 10.6 Å². The van der Waals surface area contributed by atoms with Gasteiger partial charge in [-0.15, -0.1) is 0 Å². The summed E-state index contributed by atoms with van der Waals surface area (Å²) >= 11 is 0. The molecule has 0 aliphatic heterocycles. The van der Waals surface area contributed by atoms with Gasteiger partial charge >= 0.3 is 5.69 Å². The molecule has 0 amide bonds. The monoisotopic (exact) mass is 253 g/mol. The minimum absolute atomic E-state index is 0.121. The standard InChI is InChI=1S/C12H19N3O3/c1-9(2)5-4-8-18-11-7-3-6-10(14-13)12(11)15(16)17/h3,6-7,9,14H,4-5,8,13H2,1-2H3. The average Bonchev–Trinajstić information content (AvgIpc) is 2.33. The third-order valence-electron chi connectivity index (χ3n) is 2.52. The first-order chi connectivity index (χ1) is 8.56. The van der Waals surface area contributed by atoms with E-state index in [-0.39, 0.29) is 17.1 Å². The third-order valence-corrected chi connectivity index (χ3v) is 2.52. The number of nitro groups is 1. The van der Waals surface area contributed by atoms with E-state index in [1.54, 1.807) is 18.2 Å². The van der Waals surface area contributed by atoms with Crippen molar-refractivity contribution in [3.05, 3.63) is 28.3 Å². The molecule has 0 fully saturated rings. The number of hydrazine groups is 1. The van der Waals surface area contributed by atoms with E-state index >= 15 is 0 Å². The molecule has 0 saturated carbocycles. The Morgan fingerprint density at radius 2 is 2.22 bits per heavy atom. The number of ether oxygens (including phenoxy) is 1. The number of nitro benzene ring substituents is 1. The zero-order valence-electron chi connectivity index (χ0n) is 10.7. The minimum atomic E-state index is -0.493. The third kappa shape index (κ3) is 3.89. The van der Waals surface area contributed by atoms with Gasteiger partial charge in [0.05, 0.1) is 11.5 Å². The predicted octanol–water partition coefficient (Wildman–Crippen LogP) is 2.70. The Bertz CT molecular complexity index is 408. The fourth-order valence-electron chi connectivity index (χ4n) is 1.62. The maximum absolute atomic E-state index is 11.0. The van der Waals surface area contributed by atoms with Crippen LogP contribution in [0.3, 0.4) is 0 Å². The Labute approximate surface area is 106 Å². The summed E-state index contributed by atoms with van der Waals surface area (Å²) in [5.41, 5.74) is 2.43. The summed E-state index contributed by atoms with van der Waals surface area (Å²) in [5, 5.41) is 11.0. The van der Waals surface area contributed by atoms with Gasteiger partial charge in [0.2, 0.25) is 0 Å². The topological polar surface area (TPSA) is 90.4 Å². The molecule has 1 aromatic rings. The van der Waals surface area contributed by atoms with E-state index in [0.717, 1.165) is 12.8 Å². The summed E-state index contributed by atoms with van der Waals surface area (Å²) < 4.78 is 5.45. The minimum Gasteiger partial charge on any atom is -0.487 e. The molecular weight excluding hydrogens is 234 g/mol. The molecule has 0 atom stereocenters. The zero-order valence-corrected chi connectivity index (χ0v) is 10.7. The Balaban J connectivity index is 2.72. The molecule has 0 aliphatic rings. The number of rotatable bonds is 7. The van der Waals surface area contributed by atoms with Crippen molar-refractivity contribution in [3.8, 4) is 5.75 Å². The van der Waals surface area contributed by atoms with Crippen molar-refractivity contribution in [1.29, 1.82) is 0 Å². The van der Waals surface area contributed by atoms with Crippen LogP contribution in [0.15, 0.2) is 18.2 Å². The van der Waals surface area contributed by atoms with Crippen LogP contribution < -0.4 is 16.0 Å². The van der Waals surface area contributed by atoms with Crippen molar-refractivity contribution in [2.24, 2.45) is 11.8 Å². The van der Waals surface area contributed by atoms with Crippen molar-refractivity contribution in [1.82, 2.24) is 0 Å². The zero-order chi connectivity index (χ0) is 13.5. The largest absolute Gasteiger partial charge is 0.487 e. The molecule has 1 aromatic carbocycles. The van der Waals surface area contributed by atoms with E-state index in [1.165, 1.54) is 0 Å². The van der Waals surface area contributed by atoms with Crippen LogP contribution >= 0.6 is 0 Å². The molecule has 0 spiro atoms. The quantitative estimate of drug-likeness (QED) is 0.337. The second-order valence-corrected chi connectivity index (χ2v) is 4.44. The summed E-state index contributed by atoms with van der Waals surface area (Å²) in [6, 6.07) is 4.79. The molecule has 0 heterocycles. The molecule has 100 valence electrons. The molecule has 0 radical (unpaired) electrons. The van der Waals surface area contributed by atoms with Gasteiger partial charge in [-0.2, -0.15) is 0 Å². The number of nitrogens with zero attached hydrogens (tertiary/aromatic N) is 1. The van der Waals surface area contributed by atoms with Crippen LogP contribution in [0.1, 0.15) is 26.7 Å². The molecule has 1 rings (SSSR count). The van der Waals surface area contributed by atoms with Gasteiger partial charge in [-0.25, -0.2) is 0 Å². The molecule has 0 aliphatic carbocycles. The Morgan fingerprint density at radius 3 is 2.78 bits per heavy atom. The van der Waals surface area contributed by atoms with E-state index < -0.39 is 4.92 Å². The van der Waals surface area contributed by atoms with Crippen molar-refractivity contribution in [2.75, 3.05) is 12.0 Å². The van der Waals surface area contributed by atoms with Crippen LogP contribution in [0, 0.1) is 16.0 Å². The molecule has 6 heteroatoms. The average molecular weight is 253 g/mol. The summed E-state index contributed by atoms with van der Waals surface area (Å²) in [6.07, 6.45) is 1.90. The van der Waals surface area contributed by atoms with Gasteiger partial charge in [0.1, 0.15) is 5.69 Å². The fourth-order valence-corrected chi connectivity index (χ4v) is 1.62. The van der Waals surface area contributed by atoms with Gasteiger partial charge in [-0.3, -0.25) is 16.0 Å². The lowest BCUT2D eigenvalue weighted by Gasteiger charge is -2.10. The Morgan fingerprint density at radius 1 is 1.50 bits per heavy atom. The highest BCUT2D eigenvalue weighted by Crippen LogP contribution is 2.34. The van der Waals surface area contributed by atoms with Crippen LogP contribution in [0.5, 0.6) is 5.75 Å². The molecule has 0 unspecified atom stereocenters. The van der Waals surface area contributed by atoms with Crippen molar-refractivity contribution in [3.63, 3.8) is 0 Å². The highest BCUT2D eigenvalue weighted by Gasteiger charge is 2.20. The fraction of sp³-hybridized carbons (Fsp3) is 0.500. The van der Waals surface area contributed by atoms with Crippen LogP contribution in [0.4, 0.5) is 11.4 Å². The molecule has 0 saturated heterocycles. The second kappa shape index (κ2) is 6.80. The van der Waals surface area contributed by atoms with Crippen LogP contribution in [-0.2, 0) is 0 Å². The molecule has 0 aromatic heterocycles. The smallest absolute Gasteiger partial charge is 0.335 e. The van der Waals surface area contributed by atoms with Gasteiger partial charge in [0, 0.05) is 0 Å². The van der Waals surface area contributed by atoms with Crippen LogP contribution in [-0.4, -0.2) is 11.5 Å². The van der Waals surface area contributed by atoms with E-state index in [0.29, 0.717) is 12.5 Å². The lowest BCUT2D eigenvalue weighted by atomic mass is 10.1. The molecular formula is C12H19N3O3. The van der Waals surface area contributed by atoms with Gasteiger partial charge in [0.25, 0.3) is 0 Å². The summed E-state index contributed by atoms with van der Waals surface area (Å²) in [6.45, 7) is 4.72. The maximum Gasteiger partial charge on any atom is 0.335 e. The first-order valence-corrected chi connectivity index (χ1v) is 5.93. The Kier molecular flexibility index (Phi) is 5.38. The molecule has 0 bridgehead atoms. The molecule has 3 N–H and O–H groups in total. The summed E-state index contributed by atoms with van der Waals surface area (Å²) in [7, 11) is 0. The molecule has 18 heavy (non-hydrogen) atoms. The van der Waals surface area contributed by atoms with Gasteiger partial charge in [-0.1, -0.05) is 19.9 Å². The second-order valence-electron chi connectivity index (χ2n) is 4.44. The van der Waals surface area contributed by atoms with Crippen LogP contribution in [0.25, 0.3) is 0 Å². The molecule has 6 nitrogen and oxygen atoms in total. The van der Waals surface area contributed by atoms with E-state index in [1.807, 2.05) is 0 Å². The van der Waals surface area contributed by atoms with E-state index in [2.05, 4.69) is 19.3 Å². The number of nitrogen functional groups attached to an aromatic ring is 1. The first kappa shape index (κ1) is 14.2. The number of nitrogens with two attached hydrogens (primary N) is 1. The number of hydrogen-bond acceptors (Lipinski definition) is 5. The summed E-state index contributed by atoms with van der Waals surface area (Å²) in [4.78, 5) is 10.5. The van der Waals surface area contributed by atoms with Crippen molar-refractivity contribution >= 4 is 11.4 Å². The number of anilines is 1. The highest BCUT2D eigenvalue weighted by molar-refractivity contribution is 5.67. The SMILES string of the molecule is CC(C)CCCOc1cccc(NN)c1[N+](=O)[O-]. The number of benzene rings is 1. The van der Waals surface area contributed by atoms with Crippen LogP contribution in [0.2, 0.25) is 0 Å². The van der Waals surface area contributed by atoms with Gasteiger partial charge in [0.15, 0.2) is 5.75 Å². The summed E-state index contributed by atoms with van der Waals surface area (Å²) in [5.74, 6) is 6.09. The number of hydrogen-bond donors (Lipinski definition) is 2. The van der Waals surface area contributed by atoms with Crippen molar-refractivity contribution in [2.45, 2.75) is 26.7 Å². The van der Waals surface area contributed by atoms with E-state index in [9.17, 15) is 10.1 Å². The predicted molar refractivity (Wildman–Crippen MR) is 70.5 cm³/mol. The van der Waals surface area contributed by atoms with Gasteiger partial charge in [-0.05, 0) is 30.9 Å².